The zero-order valence-electron chi connectivity index (χ0n) is 8.18. The van der Waals surface area contributed by atoms with E-state index in [2.05, 4.69) is 0 Å². The SMILES string of the molecule is CCC(C)C(=O)c1cc(Cl)ccc1F. The maximum atomic E-state index is 13.2. The van der Waals surface area contributed by atoms with Gasteiger partial charge in [0.05, 0.1) is 5.56 Å². The number of benzene rings is 1. The minimum atomic E-state index is -0.500. The van der Waals surface area contributed by atoms with Gasteiger partial charge in [-0.15, -0.1) is 0 Å². The van der Waals surface area contributed by atoms with Gasteiger partial charge < -0.3 is 0 Å². The Morgan fingerprint density at radius 1 is 1.57 bits per heavy atom. The molecule has 0 fully saturated rings. The van der Waals surface area contributed by atoms with Gasteiger partial charge in [0.1, 0.15) is 5.82 Å². The molecule has 76 valence electrons. The van der Waals surface area contributed by atoms with Gasteiger partial charge in [0.25, 0.3) is 0 Å². The summed E-state index contributed by atoms with van der Waals surface area (Å²) < 4.78 is 13.2. The van der Waals surface area contributed by atoms with Crippen molar-refractivity contribution in [3.63, 3.8) is 0 Å². The fourth-order valence-electron chi connectivity index (χ4n) is 1.14. The van der Waals surface area contributed by atoms with Crippen LogP contribution < -0.4 is 0 Å². The third-order valence-electron chi connectivity index (χ3n) is 2.25. The van der Waals surface area contributed by atoms with Gasteiger partial charge in [-0.2, -0.15) is 0 Å². The molecule has 0 aliphatic rings. The summed E-state index contributed by atoms with van der Waals surface area (Å²) in [5.41, 5.74) is 0.0897. The third kappa shape index (κ3) is 2.32. The lowest BCUT2D eigenvalue weighted by atomic mass is 9.97. The van der Waals surface area contributed by atoms with Crippen LogP contribution in [0.3, 0.4) is 0 Å². The average Bonchev–Trinajstić information content (AvgIpc) is 2.19. The molecule has 1 unspecified atom stereocenters. The lowest BCUT2D eigenvalue weighted by Gasteiger charge is -2.08. The monoisotopic (exact) mass is 214 g/mol. The Morgan fingerprint density at radius 2 is 2.21 bits per heavy atom. The van der Waals surface area contributed by atoms with Gasteiger partial charge in [-0.3, -0.25) is 4.79 Å². The molecule has 0 aliphatic carbocycles. The summed E-state index contributed by atoms with van der Waals surface area (Å²) in [5, 5.41) is 0.387. The fourth-order valence-corrected chi connectivity index (χ4v) is 1.31. The van der Waals surface area contributed by atoms with E-state index in [4.69, 9.17) is 11.6 Å². The van der Waals surface area contributed by atoms with E-state index in [1.165, 1.54) is 18.2 Å². The summed E-state index contributed by atoms with van der Waals surface area (Å²) in [6.07, 6.45) is 0.699. The summed E-state index contributed by atoms with van der Waals surface area (Å²) >= 11 is 5.69. The highest BCUT2D eigenvalue weighted by Gasteiger charge is 2.17. The molecule has 0 saturated carbocycles. The van der Waals surface area contributed by atoms with Crippen LogP contribution in [0.5, 0.6) is 0 Å². The minimum Gasteiger partial charge on any atom is -0.294 e. The van der Waals surface area contributed by atoms with Crippen molar-refractivity contribution in [2.24, 2.45) is 5.92 Å². The van der Waals surface area contributed by atoms with Crippen LogP contribution >= 0.6 is 11.6 Å². The molecule has 0 amide bonds. The first-order chi connectivity index (χ1) is 6.56. The predicted molar refractivity (Wildman–Crippen MR) is 55.2 cm³/mol. The number of Topliss-reactive ketones (excluding diaryl/α,β-unsaturated/α-hetero) is 1. The van der Waals surface area contributed by atoms with Crippen LogP contribution in [0.2, 0.25) is 5.02 Å². The van der Waals surface area contributed by atoms with Gasteiger partial charge in [-0.05, 0) is 24.6 Å². The van der Waals surface area contributed by atoms with E-state index in [0.717, 1.165) is 0 Å². The number of carbonyl (C=O) groups excluding carboxylic acids is 1. The minimum absolute atomic E-state index is 0.0897. The molecule has 0 aromatic heterocycles. The molecular weight excluding hydrogens is 203 g/mol. The standard InChI is InChI=1S/C11H12ClFO/c1-3-7(2)11(14)9-6-8(12)4-5-10(9)13/h4-7H,3H2,1-2H3. The second-order valence-corrected chi connectivity index (χ2v) is 3.73. The molecule has 0 saturated heterocycles. The van der Waals surface area contributed by atoms with E-state index in [-0.39, 0.29) is 17.3 Å². The summed E-state index contributed by atoms with van der Waals surface area (Å²) in [6.45, 7) is 3.67. The van der Waals surface area contributed by atoms with E-state index in [1.54, 1.807) is 6.92 Å². The van der Waals surface area contributed by atoms with Crippen molar-refractivity contribution < 1.29 is 9.18 Å². The van der Waals surface area contributed by atoms with Crippen molar-refractivity contribution in [3.8, 4) is 0 Å². The highest BCUT2D eigenvalue weighted by Crippen LogP contribution is 2.19. The number of hydrogen-bond acceptors (Lipinski definition) is 1. The smallest absolute Gasteiger partial charge is 0.168 e. The van der Waals surface area contributed by atoms with Gasteiger partial charge in [0.2, 0.25) is 0 Å². The molecule has 0 radical (unpaired) electrons. The second-order valence-electron chi connectivity index (χ2n) is 3.30. The second kappa shape index (κ2) is 4.56. The number of hydrogen-bond donors (Lipinski definition) is 0. The number of ketones is 1. The van der Waals surface area contributed by atoms with E-state index in [9.17, 15) is 9.18 Å². The largest absolute Gasteiger partial charge is 0.294 e. The lowest BCUT2D eigenvalue weighted by Crippen LogP contribution is -2.12. The summed E-state index contributed by atoms with van der Waals surface area (Å²) in [7, 11) is 0. The van der Waals surface area contributed by atoms with E-state index in [0.29, 0.717) is 11.4 Å². The molecule has 0 bridgehead atoms. The van der Waals surface area contributed by atoms with Gasteiger partial charge >= 0.3 is 0 Å². The van der Waals surface area contributed by atoms with Crippen molar-refractivity contribution in [2.75, 3.05) is 0 Å². The molecular formula is C11H12ClFO. The van der Waals surface area contributed by atoms with Crippen LogP contribution in [0.4, 0.5) is 4.39 Å². The molecule has 1 nitrogen and oxygen atoms in total. The zero-order chi connectivity index (χ0) is 10.7. The van der Waals surface area contributed by atoms with Crippen LogP contribution in [0.1, 0.15) is 30.6 Å². The van der Waals surface area contributed by atoms with Crippen molar-refractivity contribution in [2.45, 2.75) is 20.3 Å². The molecule has 3 heteroatoms. The van der Waals surface area contributed by atoms with Crippen LogP contribution in [-0.4, -0.2) is 5.78 Å². The number of rotatable bonds is 3. The Labute approximate surface area is 87.9 Å². The summed E-state index contributed by atoms with van der Waals surface area (Å²) in [6, 6.07) is 4.04. The zero-order valence-corrected chi connectivity index (χ0v) is 8.94. The van der Waals surface area contributed by atoms with E-state index < -0.39 is 5.82 Å². The van der Waals surface area contributed by atoms with Crippen molar-refractivity contribution in [1.29, 1.82) is 0 Å². The van der Waals surface area contributed by atoms with Gasteiger partial charge in [-0.25, -0.2) is 4.39 Å². The molecule has 1 aromatic rings. The van der Waals surface area contributed by atoms with Crippen molar-refractivity contribution >= 4 is 17.4 Å². The lowest BCUT2D eigenvalue weighted by molar-refractivity contribution is 0.0923. The first-order valence-electron chi connectivity index (χ1n) is 4.55. The first-order valence-corrected chi connectivity index (χ1v) is 4.93. The van der Waals surface area contributed by atoms with Gasteiger partial charge in [0, 0.05) is 10.9 Å². The fraction of sp³-hybridized carbons (Fsp3) is 0.364. The van der Waals surface area contributed by atoms with E-state index in [1.807, 2.05) is 6.92 Å². The molecule has 1 rings (SSSR count). The Hall–Kier alpha value is -0.890. The molecule has 0 N–H and O–H groups in total. The number of carbonyl (C=O) groups is 1. The molecule has 14 heavy (non-hydrogen) atoms. The van der Waals surface area contributed by atoms with Crippen molar-refractivity contribution in [3.05, 3.63) is 34.6 Å². The first kappa shape index (κ1) is 11.2. The molecule has 1 atom stereocenters. The summed E-state index contributed by atoms with van der Waals surface area (Å²) in [4.78, 5) is 11.7. The number of halogens is 2. The Kier molecular flexibility index (Phi) is 3.64. The molecule has 0 aliphatic heterocycles. The predicted octanol–water partition coefficient (Wildman–Crippen LogP) is 3.71. The average molecular weight is 215 g/mol. The Bertz CT molecular complexity index is 349. The normalized spacial score (nSPS) is 12.6. The Morgan fingerprint density at radius 3 is 2.79 bits per heavy atom. The third-order valence-corrected chi connectivity index (χ3v) is 2.49. The van der Waals surface area contributed by atoms with Crippen molar-refractivity contribution in [1.82, 2.24) is 0 Å². The van der Waals surface area contributed by atoms with Crippen LogP contribution in [0, 0.1) is 11.7 Å². The topological polar surface area (TPSA) is 17.1 Å². The summed E-state index contributed by atoms with van der Waals surface area (Å²) in [5.74, 6) is -0.852. The highest BCUT2D eigenvalue weighted by molar-refractivity contribution is 6.31. The maximum Gasteiger partial charge on any atom is 0.168 e. The quantitative estimate of drug-likeness (QED) is 0.701. The van der Waals surface area contributed by atoms with Crippen LogP contribution in [0.25, 0.3) is 0 Å². The molecule has 0 spiro atoms. The molecule has 1 aromatic carbocycles. The van der Waals surface area contributed by atoms with Gasteiger partial charge in [-0.1, -0.05) is 25.4 Å². The molecule has 0 heterocycles. The van der Waals surface area contributed by atoms with Crippen LogP contribution in [-0.2, 0) is 0 Å². The van der Waals surface area contributed by atoms with Crippen LogP contribution in [0.15, 0.2) is 18.2 Å². The Balaban J connectivity index is 3.06. The van der Waals surface area contributed by atoms with E-state index >= 15 is 0 Å². The highest BCUT2D eigenvalue weighted by atomic mass is 35.5. The maximum absolute atomic E-state index is 13.2. The van der Waals surface area contributed by atoms with Gasteiger partial charge in [0.15, 0.2) is 5.78 Å².